The van der Waals surface area contributed by atoms with Crippen molar-refractivity contribution in [2.24, 2.45) is 0 Å². The zero-order valence-electron chi connectivity index (χ0n) is 3.73. The maximum atomic E-state index is 7.72. The van der Waals surface area contributed by atoms with E-state index < -0.39 is 0 Å². The molecule has 0 heterocycles. The molecule has 0 fully saturated rings. The normalized spacial score (nSPS) is 1.71. The van der Waals surface area contributed by atoms with Gasteiger partial charge in [0.25, 0.3) is 0 Å². The van der Waals surface area contributed by atoms with E-state index in [1.165, 1.54) is 0 Å². The van der Waals surface area contributed by atoms with Gasteiger partial charge in [0.15, 0.2) is 0 Å². The number of rotatable bonds is 0. The van der Waals surface area contributed by atoms with Crippen LogP contribution in [0.1, 0.15) is 0 Å². The molecule has 0 aromatic rings. The standard InChI is InChI=1S/Ca.2ClO.ClH2.Na/c;2*1-2;;/h;;;1H2;/q+2;2*-1;2*+1. The summed E-state index contributed by atoms with van der Waals surface area (Å²) in [5.41, 5.74) is 0. The van der Waals surface area contributed by atoms with Gasteiger partial charge in [-0.2, -0.15) is 0 Å². The smallest absolute Gasteiger partial charge is 0.769 e. The van der Waals surface area contributed by atoms with Crippen molar-refractivity contribution in [1.29, 1.82) is 0 Å². The van der Waals surface area contributed by atoms with Crippen LogP contribution >= 0.6 is 23.7 Å². The topological polar surface area (TPSA) is 46.1 Å². The second-order valence-corrected chi connectivity index (χ2v) is 0. The van der Waals surface area contributed by atoms with Crippen LogP contribution in [0.15, 0.2) is 0 Å². The van der Waals surface area contributed by atoms with Gasteiger partial charge in [-0.05, 0) is 0 Å². The Balaban J connectivity index is -0.00000000267. The fourth-order valence-corrected chi connectivity index (χ4v) is 0. The Labute approximate surface area is 111 Å². The van der Waals surface area contributed by atoms with Crippen molar-refractivity contribution >= 4 is 61.5 Å². The molecule has 0 saturated heterocycles. The molecule has 0 spiro atoms. The van der Waals surface area contributed by atoms with Gasteiger partial charge in [-0.1, -0.05) is 0 Å². The van der Waals surface area contributed by atoms with Crippen LogP contribution in [0.3, 0.4) is 0 Å². The van der Waals surface area contributed by atoms with Gasteiger partial charge in [-0.25, -0.2) is 23.7 Å². The van der Waals surface area contributed by atoms with Crippen LogP contribution in [-0.2, 0) is 0 Å². The average Bonchev–Trinajstić information content (AvgIpc) is 1.50. The number of halogens is 3. The summed E-state index contributed by atoms with van der Waals surface area (Å²) in [7, 11) is 0. The first-order valence-corrected chi connectivity index (χ1v) is 0.926. The third-order valence-corrected chi connectivity index (χ3v) is 0. The molecule has 7 heavy (non-hydrogen) atoms. The van der Waals surface area contributed by atoms with Crippen molar-refractivity contribution < 1.29 is 51.3 Å². The van der Waals surface area contributed by atoms with Gasteiger partial charge in [0.1, 0.15) is 0 Å². The van der Waals surface area contributed by atoms with Crippen molar-refractivity contribution in [1.82, 2.24) is 0 Å². The van der Waals surface area contributed by atoms with Crippen LogP contribution in [0.25, 0.3) is 0 Å². The Bertz CT molecular complexity index is 12.9. The number of hydrogen-bond donors (Lipinski definition) is 0. The summed E-state index contributed by atoms with van der Waals surface area (Å²) in [5.74, 6) is 0. The second kappa shape index (κ2) is 63.0. The summed E-state index contributed by atoms with van der Waals surface area (Å²) in [6.45, 7) is 0. The van der Waals surface area contributed by atoms with E-state index in [0.29, 0.717) is 0 Å². The van der Waals surface area contributed by atoms with Gasteiger partial charge < -0.3 is 9.32 Å². The van der Waals surface area contributed by atoms with Crippen LogP contribution in [0.2, 0.25) is 0 Å². The van der Waals surface area contributed by atoms with Gasteiger partial charge in [0, 0.05) is 0 Å². The Hall–Kier alpha value is 3.05. The maximum absolute atomic E-state index is 7.72. The largest absolute Gasteiger partial charge is 2.00 e. The van der Waals surface area contributed by atoms with Crippen LogP contribution in [0.5, 0.6) is 0 Å². The summed E-state index contributed by atoms with van der Waals surface area (Å²) < 4.78 is 15.4. The zero-order valence-corrected chi connectivity index (χ0v) is 10.3. The van der Waals surface area contributed by atoms with E-state index >= 15 is 0 Å². The molecule has 0 aromatic heterocycles. The first-order valence-electron chi connectivity index (χ1n) is 0.309. The molecule has 0 bridgehead atoms. The van der Waals surface area contributed by atoms with Crippen molar-refractivity contribution in [2.45, 2.75) is 0 Å². The second-order valence-electron chi connectivity index (χ2n) is 0. The molecular weight excluding hydrogens is 201 g/mol. The van der Waals surface area contributed by atoms with E-state index in [-0.39, 0.29) is 79.7 Å². The average molecular weight is 203 g/mol. The summed E-state index contributed by atoms with van der Waals surface area (Å²) in [5, 5.41) is 0. The summed E-state index contributed by atoms with van der Waals surface area (Å²) in [6.07, 6.45) is 0. The van der Waals surface area contributed by atoms with Crippen molar-refractivity contribution in [2.75, 3.05) is 0 Å². The Kier molecular flexibility index (Phi) is 291. The Morgan fingerprint density at radius 2 is 0.857 bits per heavy atom. The van der Waals surface area contributed by atoms with E-state index in [2.05, 4.69) is 23.7 Å². The molecule has 7 heteroatoms. The molecule has 0 amide bonds. The van der Waals surface area contributed by atoms with Gasteiger partial charge in [0.05, 0.1) is 12.4 Å². The van der Waals surface area contributed by atoms with E-state index in [4.69, 9.17) is 9.32 Å². The zero-order chi connectivity index (χ0) is 4.00. The van der Waals surface area contributed by atoms with Crippen LogP contribution in [0, 0.1) is 12.4 Å². The van der Waals surface area contributed by atoms with E-state index in [0.717, 1.165) is 0 Å². The van der Waals surface area contributed by atoms with E-state index in [9.17, 15) is 0 Å². The Morgan fingerprint density at radius 3 is 0.857 bits per heavy atom. The molecule has 2 nitrogen and oxygen atoms in total. The fraction of sp³-hybridized carbons (Fsp3) is 0. The molecular formula is H2CaCl3NaO2+2. The molecule has 0 aliphatic carbocycles. The van der Waals surface area contributed by atoms with Crippen molar-refractivity contribution in [3.05, 3.63) is 0 Å². The van der Waals surface area contributed by atoms with Crippen molar-refractivity contribution in [3.8, 4) is 0 Å². The summed E-state index contributed by atoms with van der Waals surface area (Å²) in [6, 6.07) is 0. The number of hydrogen-bond acceptors (Lipinski definition) is 2. The molecule has 0 radical (unpaired) electrons. The molecule has 0 saturated carbocycles. The van der Waals surface area contributed by atoms with Crippen LogP contribution in [-0.4, -0.2) is 37.7 Å². The van der Waals surface area contributed by atoms with E-state index in [1.54, 1.807) is 0 Å². The van der Waals surface area contributed by atoms with Gasteiger partial charge in [0.2, 0.25) is 0 Å². The van der Waals surface area contributed by atoms with Gasteiger partial charge >= 0.3 is 67.3 Å². The summed E-state index contributed by atoms with van der Waals surface area (Å²) >= 11 is 6.78. The molecule has 0 rings (SSSR count). The molecule has 36 valence electrons. The molecule has 0 aromatic carbocycles. The van der Waals surface area contributed by atoms with Crippen LogP contribution in [0.4, 0.5) is 0 Å². The minimum Gasteiger partial charge on any atom is -0.769 e. The third-order valence-electron chi connectivity index (χ3n) is 0. The SMILES string of the molecule is [Ca+2].[ClH2+].[Na+].[O-]Cl.[O-]Cl. The molecule has 0 aliphatic heterocycles. The quantitative estimate of drug-likeness (QED) is 0.371. The third kappa shape index (κ3) is 48.4. The maximum Gasteiger partial charge on any atom is 2.00 e. The predicted molar refractivity (Wildman–Crippen MR) is 20.2 cm³/mol. The molecule has 0 atom stereocenters. The van der Waals surface area contributed by atoms with Gasteiger partial charge in [-0.15, -0.1) is 0 Å². The summed E-state index contributed by atoms with van der Waals surface area (Å²) in [4.78, 5) is 0. The van der Waals surface area contributed by atoms with E-state index in [1.807, 2.05) is 0 Å². The molecule has 0 unspecified atom stereocenters. The first kappa shape index (κ1) is 32.3. The Morgan fingerprint density at radius 1 is 0.857 bits per heavy atom. The molecule has 0 aliphatic rings. The first-order chi connectivity index (χ1) is 2.00. The fourth-order valence-electron chi connectivity index (χ4n) is 0. The van der Waals surface area contributed by atoms with Gasteiger partial charge in [-0.3, -0.25) is 0 Å². The van der Waals surface area contributed by atoms with Crippen LogP contribution < -0.4 is 38.9 Å². The van der Waals surface area contributed by atoms with Crippen molar-refractivity contribution in [3.63, 3.8) is 0 Å². The molecule has 0 N–H and O–H groups in total. The minimum absolute atomic E-state index is 0. The minimum atomic E-state index is 0. The predicted octanol–water partition coefficient (Wildman–Crippen LogP) is -4.91. The monoisotopic (exact) mass is 202 g/mol.